The Morgan fingerprint density at radius 1 is 1.33 bits per heavy atom. The van der Waals surface area contributed by atoms with Gasteiger partial charge in [0.15, 0.2) is 0 Å². The lowest BCUT2D eigenvalue weighted by molar-refractivity contribution is 0.340. The van der Waals surface area contributed by atoms with Crippen molar-refractivity contribution in [2.75, 3.05) is 24.3 Å². The van der Waals surface area contributed by atoms with Gasteiger partial charge in [0.05, 0.1) is 5.75 Å². The van der Waals surface area contributed by atoms with Crippen LogP contribution in [0.25, 0.3) is 0 Å². The van der Waals surface area contributed by atoms with Crippen LogP contribution in [0.2, 0.25) is 0 Å². The average Bonchev–Trinajstić information content (AvgIpc) is 2.87. The molecule has 1 fully saturated rings. The molecular weight excluding hydrogens is 308 g/mol. The molecule has 21 heavy (non-hydrogen) atoms. The molecule has 2 rings (SSSR count). The summed E-state index contributed by atoms with van der Waals surface area (Å²) in [6.45, 7) is 0.137. The van der Waals surface area contributed by atoms with E-state index in [4.69, 9.17) is 10.5 Å². The molecule has 0 heterocycles. The van der Waals surface area contributed by atoms with Crippen LogP contribution >= 0.6 is 11.8 Å². The van der Waals surface area contributed by atoms with Crippen molar-refractivity contribution in [3.05, 3.63) is 24.3 Å². The Morgan fingerprint density at radius 2 is 2.05 bits per heavy atom. The van der Waals surface area contributed by atoms with E-state index in [-0.39, 0.29) is 18.4 Å². The number of benzene rings is 1. The van der Waals surface area contributed by atoms with E-state index in [1.54, 1.807) is 24.3 Å². The van der Waals surface area contributed by atoms with E-state index in [2.05, 4.69) is 11.0 Å². The van der Waals surface area contributed by atoms with Crippen LogP contribution in [0.1, 0.15) is 19.3 Å². The van der Waals surface area contributed by atoms with Gasteiger partial charge < -0.3 is 10.5 Å². The SMILES string of the molecule is CSC1CCC(NS(=O)(=O)CCOc2ccc(N)cc2)C1. The Kier molecular flexibility index (Phi) is 5.78. The molecule has 0 aromatic heterocycles. The van der Waals surface area contributed by atoms with Crippen LogP contribution in [0.4, 0.5) is 5.69 Å². The zero-order chi connectivity index (χ0) is 15.3. The van der Waals surface area contributed by atoms with Gasteiger partial charge in [-0.05, 0) is 49.8 Å². The van der Waals surface area contributed by atoms with Gasteiger partial charge in [0.25, 0.3) is 0 Å². The lowest BCUT2D eigenvalue weighted by Crippen LogP contribution is -2.36. The summed E-state index contributed by atoms with van der Waals surface area (Å²) in [5, 5.41) is 0.573. The molecule has 2 unspecified atom stereocenters. The van der Waals surface area contributed by atoms with E-state index < -0.39 is 10.0 Å². The molecule has 7 heteroatoms. The monoisotopic (exact) mass is 330 g/mol. The fraction of sp³-hybridized carbons (Fsp3) is 0.571. The third-order valence-electron chi connectivity index (χ3n) is 3.56. The molecule has 1 aromatic rings. The summed E-state index contributed by atoms with van der Waals surface area (Å²) in [5.41, 5.74) is 6.23. The topological polar surface area (TPSA) is 81.4 Å². The molecule has 0 saturated heterocycles. The number of nitrogen functional groups attached to an aromatic ring is 1. The van der Waals surface area contributed by atoms with Crippen molar-refractivity contribution in [2.24, 2.45) is 0 Å². The number of thioether (sulfide) groups is 1. The largest absolute Gasteiger partial charge is 0.492 e. The molecule has 5 nitrogen and oxygen atoms in total. The first-order chi connectivity index (χ1) is 9.98. The Morgan fingerprint density at radius 3 is 2.67 bits per heavy atom. The van der Waals surface area contributed by atoms with Gasteiger partial charge in [0, 0.05) is 17.0 Å². The summed E-state index contributed by atoms with van der Waals surface area (Å²) in [7, 11) is -3.28. The maximum Gasteiger partial charge on any atom is 0.215 e. The molecular formula is C14H22N2O3S2. The van der Waals surface area contributed by atoms with Gasteiger partial charge in [-0.2, -0.15) is 11.8 Å². The predicted molar refractivity (Wildman–Crippen MR) is 88.2 cm³/mol. The minimum absolute atomic E-state index is 0.0299. The fourth-order valence-corrected chi connectivity index (χ4v) is 4.35. The van der Waals surface area contributed by atoms with Gasteiger partial charge in [-0.3, -0.25) is 0 Å². The van der Waals surface area contributed by atoms with Gasteiger partial charge in [-0.25, -0.2) is 13.1 Å². The highest BCUT2D eigenvalue weighted by atomic mass is 32.2. The Hall–Kier alpha value is -0.920. The Balaban J connectivity index is 1.75. The van der Waals surface area contributed by atoms with Crippen molar-refractivity contribution in [3.8, 4) is 5.75 Å². The van der Waals surface area contributed by atoms with Gasteiger partial charge in [-0.1, -0.05) is 0 Å². The molecule has 118 valence electrons. The lowest BCUT2D eigenvalue weighted by atomic mass is 10.3. The molecule has 0 spiro atoms. The number of rotatable bonds is 7. The van der Waals surface area contributed by atoms with Crippen LogP contribution in [0.5, 0.6) is 5.75 Å². The van der Waals surface area contributed by atoms with Crippen molar-refractivity contribution in [2.45, 2.75) is 30.6 Å². The first-order valence-corrected chi connectivity index (χ1v) is 9.93. The maximum absolute atomic E-state index is 12.0. The molecule has 1 aromatic carbocycles. The van der Waals surface area contributed by atoms with Crippen LogP contribution in [0, 0.1) is 0 Å². The Labute approximate surface area is 130 Å². The van der Waals surface area contributed by atoms with E-state index in [1.165, 1.54) is 0 Å². The van der Waals surface area contributed by atoms with Crippen LogP contribution < -0.4 is 15.2 Å². The minimum Gasteiger partial charge on any atom is -0.492 e. The van der Waals surface area contributed by atoms with E-state index in [1.807, 2.05) is 11.8 Å². The first-order valence-electron chi connectivity index (χ1n) is 6.99. The predicted octanol–water partition coefficient (Wildman–Crippen LogP) is 1.85. The highest BCUT2D eigenvalue weighted by Crippen LogP contribution is 2.28. The highest BCUT2D eigenvalue weighted by Gasteiger charge is 2.27. The van der Waals surface area contributed by atoms with Gasteiger partial charge in [0.2, 0.25) is 10.0 Å². The zero-order valence-electron chi connectivity index (χ0n) is 12.1. The number of sulfonamides is 1. The van der Waals surface area contributed by atoms with E-state index >= 15 is 0 Å². The van der Waals surface area contributed by atoms with Crippen LogP contribution in [-0.4, -0.2) is 38.3 Å². The molecule has 1 aliphatic carbocycles. The third kappa shape index (κ3) is 5.41. The standard InChI is InChI=1S/C14H22N2O3S2/c1-20-14-7-4-12(10-14)16-21(17,18)9-8-19-13-5-2-11(15)3-6-13/h2-3,5-6,12,14,16H,4,7-10,15H2,1H3. The molecule has 1 aliphatic rings. The van der Waals surface area contributed by atoms with Gasteiger partial charge in [-0.15, -0.1) is 0 Å². The van der Waals surface area contributed by atoms with Crippen molar-refractivity contribution in [1.82, 2.24) is 4.72 Å². The number of hydrogen-bond acceptors (Lipinski definition) is 5. The van der Waals surface area contributed by atoms with Crippen LogP contribution in [0.3, 0.4) is 0 Å². The summed E-state index contributed by atoms with van der Waals surface area (Å²) in [5.74, 6) is 0.598. The number of anilines is 1. The molecule has 2 atom stereocenters. The van der Waals surface area contributed by atoms with E-state index in [0.717, 1.165) is 19.3 Å². The summed E-state index contributed by atoms with van der Waals surface area (Å²) < 4.78 is 32.2. The number of nitrogens with one attached hydrogen (secondary N) is 1. The smallest absolute Gasteiger partial charge is 0.215 e. The van der Waals surface area contributed by atoms with Crippen LogP contribution in [-0.2, 0) is 10.0 Å². The minimum atomic E-state index is -3.28. The van der Waals surface area contributed by atoms with Crippen molar-refractivity contribution >= 4 is 27.5 Å². The second kappa shape index (κ2) is 7.38. The number of nitrogens with two attached hydrogens (primary N) is 1. The molecule has 1 saturated carbocycles. The fourth-order valence-electron chi connectivity index (χ4n) is 2.41. The number of hydrogen-bond donors (Lipinski definition) is 2. The van der Waals surface area contributed by atoms with Crippen molar-refractivity contribution < 1.29 is 13.2 Å². The second-order valence-corrected chi connectivity index (χ2v) is 8.23. The maximum atomic E-state index is 12.0. The first kappa shape index (κ1) is 16.5. The van der Waals surface area contributed by atoms with Gasteiger partial charge >= 0.3 is 0 Å². The van der Waals surface area contributed by atoms with Crippen LogP contribution in [0.15, 0.2) is 24.3 Å². The summed E-state index contributed by atoms with van der Waals surface area (Å²) in [6.07, 6.45) is 4.99. The molecule has 0 amide bonds. The molecule has 3 N–H and O–H groups in total. The lowest BCUT2D eigenvalue weighted by Gasteiger charge is -2.13. The quantitative estimate of drug-likeness (QED) is 0.746. The van der Waals surface area contributed by atoms with E-state index in [0.29, 0.717) is 16.7 Å². The van der Waals surface area contributed by atoms with E-state index in [9.17, 15) is 8.42 Å². The molecule has 0 radical (unpaired) electrons. The summed E-state index contributed by atoms with van der Waals surface area (Å²) in [4.78, 5) is 0. The van der Waals surface area contributed by atoms with Gasteiger partial charge in [0.1, 0.15) is 12.4 Å². The summed E-state index contributed by atoms with van der Waals surface area (Å²) in [6, 6.07) is 6.99. The normalized spacial score (nSPS) is 22.3. The molecule has 0 bridgehead atoms. The zero-order valence-corrected chi connectivity index (χ0v) is 13.8. The van der Waals surface area contributed by atoms with Crippen molar-refractivity contribution in [1.29, 1.82) is 0 Å². The third-order valence-corrected chi connectivity index (χ3v) is 6.06. The van der Waals surface area contributed by atoms with Crippen molar-refractivity contribution in [3.63, 3.8) is 0 Å². The average molecular weight is 330 g/mol. The Bertz CT molecular complexity index is 546. The molecule has 0 aliphatic heterocycles. The number of ether oxygens (including phenoxy) is 1. The summed E-state index contributed by atoms with van der Waals surface area (Å²) >= 11 is 1.81. The second-order valence-electron chi connectivity index (χ2n) is 5.22. The highest BCUT2D eigenvalue weighted by molar-refractivity contribution is 7.99.